The highest BCUT2D eigenvalue weighted by Gasteiger charge is 2.55. The van der Waals surface area contributed by atoms with Crippen LogP contribution >= 0.6 is 0 Å². The van der Waals surface area contributed by atoms with Gasteiger partial charge in [0, 0.05) is 25.6 Å². The van der Waals surface area contributed by atoms with E-state index >= 15 is 0 Å². The molecule has 1 amide bonds. The second-order valence-electron chi connectivity index (χ2n) is 10.1. The fourth-order valence-electron chi connectivity index (χ4n) is 4.13. The van der Waals surface area contributed by atoms with Crippen molar-refractivity contribution in [3.05, 3.63) is 70.3 Å². The highest BCUT2D eigenvalue weighted by atomic mass is 32.2. The van der Waals surface area contributed by atoms with Crippen molar-refractivity contribution >= 4 is 30.7 Å². The van der Waals surface area contributed by atoms with Crippen molar-refractivity contribution in [2.24, 2.45) is 5.41 Å². The molecule has 1 heterocycles. The van der Waals surface area contributed by atoms with Gasteiger partial charge in [0.05, 0.1) is 11.0 Å². The number of hydrogen-bond acceptors (Lipinski definition) is 6. The van der Waals surface area contributed by atoms with Crippen LogP contribution in [-0.4, -0.2) is 57.9 Å². The Labute approximate surface area is 208 Å². The van der Waals surface area contributed by atoms with E-state index in [2.05, 4.69) is 4.72 Å². The Bertz CT molecular complexity index is 1180. The van der Waals surface area contributed by atoms with E-state index in [4.69, 9.17) is 4.43 Å². The number of nitrogens with one attached hydrogen (secondary N) is 1. The van der Waals surface area contributed by atoms with Crippen LogP contribution < -0.4 is 4.72 Å². The summed E-state index contributed by atoms with van der Waals surface area (Å²) in [5, 5.41) is 11.5. The molecule has 1 aliphatic rings. The fraction of sp³-hybridized carbons (Fsp3) is 0.458. The Morgan fingerprint density at radius 3 is 2.29 bits per heavy atom. The third-order valence-corrected chi connectivity index (χ3v) is 8.26. The minimum Gasteiger partial charge on any atom is -0.412 e. The Kier molecular flexibility index (Phi) is 7.85. The largest absolute Gasteiger partial charge is 0.412 e. The standard InChI is InChI=1S/C24H32N3O6SSi/c1-23(2,3)21(33-35(4)5)16-26-17-24(22(26)28,15-18-11-7-6-8-12-18)25-34(31,32)20-14-10-9-13-19(20)27(29)30/h6-14,21,25H,15-17H2,1-5H3/t21?,24-/m0/s1. The lowest BCUT2D eigenvalue weighted by atomic mass is 9.81. The van der Waals surface area contributed by atoms with E-state index in [1.807, 2.05) is 64.2 Å². The van der Waals surface area contributed by atoms with Gasteiger partial charge < -0.3 is 9.33 Å². The van der Waals surface area contributed by atoms with E-state index in [0.29, 0.717) is 6.54 Å². The summed E-state index contributed by atoms with van der Waals surface area (Å²) in [5.41, 5.74) is -1.43. The Morgan fingerprint density at radius 1 is 1.14 bits per heavy atom. The molecule has 0 aliphatic carbocycles. The van der Waals surface area contributed by atoms with Gasteiger partial charge in [0.15, 0.2) is 4.90 Å². The van der Waals surface area contributed by atoms with Crippen molar-refractivity contribution in [1.29, 1.82) is 0 Å². The number of hydrogen-bond donors (Lipinski definition) is 1. The molecule has 1 saturated heterocycles. The minimum atomic E-state index is -4.37. The van der Waals surface area contributed by atoms with E-state index in [1.54, 1.807) is 4.90 Å². The summed E-state index contributed by atoms with van der Waals surface area (Å²) in [6, 6.07) is 14.2. The number of para-hydroxylation sites is 1. The number of amides is 1. The van der Waals surface area contributed by atoms with Crippen LogP contribution in [0.25, 0.3) is 0 Å². The predicted molar refractivity (Wildman–Crippen MR) is 135 cm³/mol. The first kappa shape index (κ1) is 27.0. The number of carbonyl (C=O) groups excluding carboxylic acids is 1. The molecule has 1 fully saturated rings. The number of nitro groups is 1. The molecule has 0 saturated carbocycles. The van der Waals surface area contributed by atoms with E-state index in [9.17, 15) is 23.3 Å². The number of nitro benzene ring substituents is 1. The maximum atomic E-state index is 13.6. The smallest absolute Gasteiger partial charge is 0.289 e. The highest BCUT2D eigenvalue weighted by molar-refractivity contribution is 7.89. The molecule has 2 aromatic rings. The second kappa shape index (κ2) is 10.2. The minimum absolute atomic E-state index is 0.126. The molecule has 35 heavy (non-hydrogen) atoms. The molecule has 0 aromatic heterocycles. The van der Waals surface area contributed by atoms with Crippen LogP contribution in [-0.2, 0) is 25.7 Å². The van der Waals surface area contributed by atoms with Crippen LogP contribution in [0, 0.1) is 15.5 Å². The highest BCUT2D eigenvalue weighted by Crippen LogP contribution is 2.34. The maximum absolute atomic E-state index is 13.6. The molecule has 1 unspecified atom stereocenters. The first-order valence-electron chi connectivity index (χ1n) is 11.3. The number of likely N-dealkylation sites (tertiary alicyclic amines) is 1. The summed E-state index contributed by atoms with van der Waals surface area (Å²) in [6.45, 7) is 10.7. The molecule has 9 nitrogen and oxygen atoms in total. The summed E-state index contributed by atoms with van der Waals surface area (Å²) in [6.07, 6.45) is -0.0856. The zero-order valence-electron chi connectivity index (χ0n) is 20.6. The molecule has 189 valence electrons. The van der Waals surface area contributed by atoms with E-state index in [0.717, 1.165) is 11.6 Å². The van der Waals surface area contributed by atoms with Crippen LogP contribution in [0.3, 0.4) is 0 Å². The first-order valence-corrected chi connectivity index (χ1v) is 15.2. The molecule has 0 bridgehead atoms. The fourth-order valence-corrected chi connectivity index (χ4v) is 6.65. The Morgan fingerprint density at radius 2 is 1.74 bits per heavy atom. The van der Waals surface area contributed by atoms with Crippen molar-refractivity contribution in [3.63, 3.8) is 0 Å². The van der Waals surface area contributed by atoms with Crippen molar-refractivity contribution in [3.8, 4) is 0 Å². The second-order valence-corrected chi connectivity index (χ2v) is 13.8. The van der Waals surface area contributed by atoms with E-state index in [1.165, 1.54) is 18.2 Å². The summed E-state index contributed by atoms with van der Waals surface area (Å²) >= 11 is 0. The lowest BCUT2D eigenvalue weighted by Gasteiger charge is -2.51. The summed E-state index contributed by atoms with van der Waals surface area (Å²) in [7, 11) is -5.40. The maximum Gasteiger partial charge on any atom is 0.289 e. The summed E-state index contributed by atoms with van der Waals surface area (Å²) in [5.74, 6) is -0.373. The van der Waals surface area contributed by atoms with Gasteiger partial charge in [0.2, 0.25) is 25.0 Å². The lowest BCUT2D eigenvalue weighted by Crippen LogP contribution is -2.76. The summed E-state index contributed by atoms with van der Waals surface area (Å²) < 4.78 is 35.4. The zero-order chi connectivity index (χ0) is 26.0. The normalized spacial score (nSPS) is 19.5. The molecule has 11 heteroatoms. The van der Waals surface area contributed by atoms with Crippen molar-refractivity contribution in [1.82, 2.24) is 9.62 Å². The number of β-lactam (4-membered cyclic amide) rings is 1. The molecule has 3 rings (SSSR count). The van der Waals surface area contributed by atoms with Crippen molar-refractivity contribution in [2.75, 3.05) is 13.1 Å². The molecule has 1 radical (unpaired) electrons. The van der Waals surface area contributed by atoms with Gasteiger partial charge in [0.25, 0.3) is 5.69 Å². The van der Waals surface area contributed by atoms with Gasteiger partial charge in [-0.1, -0.05) is 63.2 Å². The number of benzene rings is 2. The van der Waals surface area contributed by atoms with Crippen LogP contribution in [0.5, 0.6) is 0 Å². The third-order valence-electron chi connectivity index (χ3n) is 5.92. The topological polar surface area (TPSA) is 119 Å². The van der Waals surface area contributed by atoms with Gasteiger partial charge in [-0.2, -0.15) is 4.72 Å². The van der Waals surface area contributed by atoms with Gasteiger partial charge in [-0.05, 0) is 30.1 Å². The number of carbonyl (C=O) groups is 1. The average Bonchev–Trinajstić information content (AvgIpc) is 2.77. The molecule has 2 aromatic carbocycles. The van der Waals surface area contributed by atoms with Gasteiger partial charge in [-0.25, -0.2) is 8.42 Å². The monoisotopic (exact) mass is 518 g/mol. The van der Waals surface area contributed by atoms with E-state index < -0.39 is 40.1 Å². The lowest BCUT2D eigenvalue weighted by molar-refractivity contribution is -0.387. The average molecular weight is 519 g/mol. The quantitative estimate of drug-likeness (QED) is 0.223. The van der Waals surface area contributed by atoms with Crippen LogP contribution in [0.2, 0.25) is 13.1 Å². The molecule has 1 aliphatic heterocycles. The molecule has 2 atom stereocenters. The van der Waals surface area contributed by atoms with Crippen LogP contribution in [0.15, 0.2) is 59.5 Å². The van der Waals surface area contributed by atoms with Crippen molar-refractivity contribution < 1.29 is 22.6 Å². The van der Waals surface area contributed by atoms with Gasteiger partial charge in [0.1, 0.15) is 5.54 Å². The van der Waals surface area contributed by atoms with Gasteiger partial charge in [-0.15, -0.1) is 0 Å². The predicted octanol–water partition coefficient (Wildman–Crippen LogP) is 3.38. The third kappa shape index (κ3) is 6.15. The van der Waals surface area contributed by atoms with Gasteiger partial charge >= 0.3 is 0 Å². The SMILES string of the molecule is C[Si](C)OC(CN1C[C@](Cc2ccccc2)(NS(=O)(=O)c2ccccc2[N+](=O)[O-])C1=O)C(C)(C)C. The molecule has 1 N–H and O–H groups in total. The Balaban J connectivity index is 1.93. The first-order chi connectivity index (χ1) is 16.2. The zero-order valence-corrected chi connectivity index (χ0v) is 22.5. The van der Waals surface area contributed by atoms with Gasteiger partial charge in [-0.3, -0.25) is 14.9 Å². The number of nitrogens with zero attached hydrogens (tertiary/aromatic N) is 2. The molecular weight excluding hydrogens is 486 g/mol. The number of sulfonamides is 1. The molecule has 0 spiro atoms. The van der Waals surface area contributed by atoms with Crippen molar-refractivity contribution in [2.45, 2.75) is 56.8 Å². The Hall–Kier alpha value is -2.60. The summed E-state index contributed by atoms with van der Waals surface area (Å²) in [4.78, 5) is 25.4. The van der Waals surface area contributed by atoms with Crippen LogP contribution in [0.4, 0.5) is 5.69 Å². The number of rotatable bonds is 10. The van der Waals surface area contributed by atoms with E-state index in [-0.39, 0.29) is 30.4 Å². The molecular formula is C24H32N3O6SSi. The van der Waals surface area contributed by atoms with Crippen LogP contribution in [0.1, 0.15) is 26.3 Å².